The number of nitriles is 1. The molecule has 0 amide bonds. The number of rotatable bonds is 4. The fourth-order valence-corrected chi connectivity index (χ4v) is 8.90. The van der Waals surface area contributed by atoms with Crippen LogP contribution in [0.3, 0.4) is 0 Å². The van der Waals surface area contributed by atoms with E-state index >= 15 is 0 Å². The quantitative estimate of drug-likeness (QED) is 0.169. The van der Waals surface area contributed by atoms with Gasteiger partial charge in [0.25, 0.3) is 0 Å². The highest BCUT2D eigenvalue weighted by atomic mass is 15.0. The van der Waals surface area contributed by atoms with Gasteiger partial charge in [0.05, 0.1) is 57.2 Å². The van der Waals surface area contributed by atoms with Gasteiger partial charge in [-0.05, 0) is 72.1 Å². The highest BCUT2D eigenvalue weighted by Crippen LogP contribution is 2.44. The minimum Gasteiger partial charge on any atom is -0.310 e. The predicted octanol–water partition coefficient (Wildman–Crippen LogP) is 13.1. The lowest BCUT2D eigenvalue weighted by Gasteiger charge is -2.19. The third-order valence-electron chi connectivity index (χ3n) is 11.1. The van der Waals surface area contributed by atoms with Crippen LogP contribution < -0.4 is 0 Å². The van der Waals surface area contributed by atoms with Gasteiger partial charge in [0, 0.05) is 49.3 Å². The van der Waals surface area contributed by atoms with E-state index in [1.807, 2.05) is 42.5 Å². The Balaban J connectivity index is 1.20. The molecule has 0 N–H and O–H groups in total. The van der Waals surface area contributed by atoms with Crippen LogP contribution in [-0.2, 0) is 0 Å². The number of hydrogen-bond donors (Lipinski definition) is 0. The van der Waals surface area contributed by atoms with E-state index < -0.39 is 0 Å². The lowest BCUT2D eigenvalue weighted by molar-refractivity contribution is 1.15. The van der Waals surface area contributed by atoms with Crippen molar-refractivity contribution < 1.29 is 0 Å². The largest absolute Gasteiger partial charge is 0.310 e. The molecule has 0 saturated heterocycles. The molecular weight excluding hydrogens is 671 g/mol. The van der Waals surface area contributed by atoms with Crippen LogP contribution in [0, 0.1) is 17.9 Å². The molecule has 0 bridgehead atoms. The van der Waals surface area contributed by atoms with Gasteiger partial charge in [-0.1, -0.05) is 109 Å². The Labute approximate surface area is 316 Å². The first-order valence-corrected chi connectivity index (χ1v) is 18.3. The third kappa shape index (κ3) is 4.33. The molecule has 11 aromatic rings. The molecule has 3 aromatic heterocycles. The second-order valence-electron chi connectivity index (χ2n) is 13.9. The molecular formula is C50H29N5. The first-order valence-electron chi connectivity index (χ1n) is 18.3. The maximum absolute atomic E-state index is 10.7. The molecule has 0 spiro atoms. The zero-order valence-electron chi connectivity index (χ0n) is 29.5. The monoisotopic (exact) mass is 699 g/mol. The summed E-state index contributed by atoms with van der Waals surface area (Å²) in [4.78, 5) is 3.91. The van der Waals surface area contributed by atoms with Crippen molar-refractivity contribution in [2.45, 2.75) is 0 Å². The summed E-state index contributed by atoms with van der Waals surface area (Å²) >= 11 is 0. The summed E-state index contributed by atoms with van der Waals surface area (Å²) < 4.78 is 6.93. The smallest absolute Gasteiger partial charge is 0.197 e. The Hall–Kier alpha value is -7.86. The molecule has 55 heavy (non-hydrogen) atoms. The molecule has 5 heteroatoms. The Morgan fingerprint density at radius 1 is 0.436 bits per heavy atom. The molecule has 0 fully saturated rings. The number of aromatic nitrogens is 3. The highest BCUT2D eigenvalue weighted by molar-refractivity contribution is 6.16. The van der Waals surface area contributed by atoms with Crippen molar-refractivity contribution in [3.05, 3.63) is 193 Å². The molecule has 5 nitrogen and oxygen atoms in total. The van der Waals surface area contributed by atoms with E-state index in [-0.39, 0.29) is 0 Å². The molecule has 0 unspecified atom stereocenters. The summed E-state index contributed by atoms with van der Waals surface area (Å²) in [6.07, 6.45) is 0. The summed E-state index contributed by atoms with van der Waals surface area (Å²) in [7, 11) is 0. The maximum Gasteiger partial charge on any atom is 0.197 e. The number of benzene rings is 8. The number of fused-ring (bicyclic) bond motifs is 9. The third-order valence-corrected chi connectivity index (χ3v) is 11.1. The first kappa shape index (κ1) is 30.7. The van der Waals surface area contributed by atoms with Crippen molar-refractivity contribution in [3.8, 4) is 34.3 Å². The van der Waals surface area contributed by atoms with Crippen LogP contribution in [0.4, 0.5) is 5.69 Å². The molecule has 11 rings (SSSR count). The molecule has 0 atom stereocenters. The van der Waals surface area contributed by atoms with E-state index in [4.69, 9.17) is 6.57 Å². The van der Waals surface area contributed by atoms with Crippen molar-refractivity contribution in [2.24, 2.45) is 0 Å². The van der Waals surface area contributed by atoms with Crippen molar-refractivity contribution in [1.29, 1.82) is 5.26 Å². The van der Waals surface area contributed by atoms with Crippen molar-refractivity contribution in [1.82, 2.24) is 13.7 Å². The van der Waals surface area contributed by atoms with Crippen molar-refractivity contribution >= 4 is 71.1 Å². The van der Waals surface area contributed by atoms with Crippen LogP contribution in [0.15, 0.2) is 176 Å². The molecule has 3 heterocycles. The summed E-state index contributed by atoms with van der Waals surface area (Å²) in [5, 5.41) is 17.4. The zero-order valence-corrected chi connectivity index (χ0v) is 29.5. The second-order valence-corrected chi connectivity index (χ2v) is 13.9. The fraction of sp³-hybridized carbons (Fsp3) is 0. The Morgan fingerprint density at radius 3 is 1.64 bits per heavy atom. The average molecular weight is 700 g/mol. The van der Waals surface area contributed by atoms with Crippen LogP contribution in [0.25, 0.3) is 98.5 Å². The molecule has 0 aliphatic heterocycles. The maximum atomic E-state index is 10.7. The van der Waals surface area contributed by atoms with Crippen LogP contribution in [0.5, 0.6) is 0 Å². The second kappa shape index (κ2) is 11.8. The fourth-order valence-electron chi connectivity index (χ4n) is 8.90. The van der Waals surface area contributed by atoms with Crippen LogP contribution in [0.2, 0.25) is 0 Å². The molecule has 0 aliphatic rings. The van der Waals surface area contributed by atoms with Gasteiger partial charge in [-0.25, -0.2) is 4.85 Å². The average Bonchev–Trinajstić information content (AvgIpc) is 3.89. The van der Waals surface area contributed by atoms with Crippen LogP contribution in [0.1, 0.15) is 5.56 Å². The standard InChI is InChI=1S/C50H29N5/c1-52-40-20-13-27-48-50(40)38-19-6-11-25-45(38)55(48)47-26-12-14-32(31-51)49(47)37-18-5-10-24-44(37)54-43-23-9-4-17-36(43)39-30-33(28-29-46(39)54)53-41-21-7-2-15-34(41)35-16-3-8-22-42(35)53/h2-30H. The van der Waals surface area contributed by atoms with Gasteiger partial charge < -0.3 is 13.7 Å². The summed E-state index contributed by atoms with van der Waals surface area (Å²) in [6, 6.07) is 63.6. The minimum absolute atomic E-state index is 0.576. The number of para-hydroxylation sites is 5. The number of nitrogens with zero attached hydrogens (tertiary/aromatic N) is 5. The van der Waals surface area contributed by atoms with Gasteiger partial charge in [-0.3, -0.25) is 0 Å². The summed E-state index contributed by atoms with van der Waals surface area (Å²) in [6.45, 7) is 7.99. The molecule has 8 aromatic carbocycles. The van der Waals surface area contributed by atoms with Crippen molar-refractivity contribution in [3.63, 3.8) is 0 Å². The Kier molecular flexibility index (Phi) is 6.61. The van der Waals surface area contributed by atoms with Gasteiger partial charge in [-0.15, -0.1) is 0 Å². The predicted molar refractivity (Wildman–Crippen MR) is 226 cm³/mol. The molecule has 0 saturated carbocycles. The van der Waals surface area contributed by atoms with E-state index in [0.717, 1.165) is 71.8 Å². The normalized spacial score (nSPS) is 11.6. The SMILES string of the molecule is [C-]#[N+]c1cccc2c1c1ccccc1n2-c1cccc(C#N)c1-c1ccccc1-n1c2ccccc2c2cc(-n3c4ccccc4c4ccccc43)ccc21. The van der Waals surface area contributed by atoms with Gasteiger partial charge in [0.1, 0.15) is 0 Å². The van der Waals surface area contributed by atoms with Gasteiger partial charge in [0.15, 0.2) is 5.69 Å². The first-order chi connectivity index (χ1) is 27.2. The molecule has 254 valence electrons. The van der Waals surface area contributed by atoms with E-state index in [0.29, 0.717) is 11.3 Å². The number of hydrogen-bond acceptors (Lipinski definition) is 1. The van der Waals surface area contributed by atoms with E-state index in [1.165, 1.54) is 21.8 Å². The van der Waals surface area contributed by atoms with E-state index in [1.54, 1.807) is 0 Å². The van der Waals surface area contributed by atoms with E-state index in [9.17, 15) is 5.26 Å². The van der Waals surface area contributed by atoms with Crippen LogP contribution in [-0.4, -0.2) is 13.7 Å². The molecule has 0 radical (unpaired) electrons. The minimum atomic E-state index is 0.576. The van der Waals surface area contributed by atoms with Gasteiger partial charge in [0.2, 0.25) is 0 Å². The van der Waals surface area contributed by atoms with Gasteiger partial charge >= 0.3 is 0 Å². The topological polar surface area (TPSA) is 42.9 Å². The zero-order chi connectivity index (χ0) is 36.6. The Bertz CT molecular complexity index is 3420. The lowest BCUT2D eigenvalue weighted by Crippen LogP contribution is -2.03. The summed E-state index contributed by atoms with van der Waals surface area (Å²) in [5.41, 5.74) is 12.3. The van der Waals surface area contributed by atoms with Crippen molar-refractivity contribution in [2.75, 3.05) is 0 Å². The van der Waals surface area contributed by atoms with Crippen LogP contribution >= 0.6 is 0 Å². The highest BCUT2D eigenvalue weighted by Gasteiger charge is 2.23. The van der Waals surface area contributed by atoms with Gasteiger partial charge in [-0.2, -0.15) is 5.26 Å². The Morgan fingerprint density at radius 2 is 0.945 bits per heavy atom. The summed E-state index contributed by atoms with van der Waals surface area (Å²) in [5.74, 6) is 0. The molecule has 0 aliphatic carbocycles. The van der Waals surface area contributed by atoms with E-state index in [2.05, 4.69) is 158 Å². The lowest BCUT2D eigenvalue weighted by atomic mass is 9.96.